The minimum Gasteiger partial charge on any atom is -0.330 e. The number of H-pyrrole nitrogens is 1. The van der Waals surface area contributed by atoms with Gasteiger partial charge in [-0.2, -0.15) is 5.26 Å². The lowest BCUT2D eigenvalue weighted by molar-refractivity contribution is 0.0178. The number of aromatic amines is 1. The van der Waals surface area contributed by atoms with E-state index in [2.05, 4.69) is 9.97 Å². The van der Waals surface area contributed by atoms with Crippen LogP contribution in [0.1, 0.15) is 18.2 Å². The fraction of sp³-hybridized carbons (Fsp3) is 0.167. The molecule has 3 nitrogen and oxygen atoms in total. The predicted molar refractivity (Wildman–Crippen MR) is 58.3 cm³/mol. The molecule has 1 N–H and O–H groups in total. The Labute approximate surface area is 101 Å². The molecule has 0 atom stereocenters. The molecule has 0 amide bonds. The highest BCUT2D eigenvalue weighted by Crippen LogP contribution is 2.35. The number of alkyl halides is 2. The number of rotatable bonds is 2. The maximum Gasteiger partial charge on any atom is 0.271 e. The van der Waals surface area contributed by atoms with Gasteiger partial charge in [-0.15, -0.1) is 0 Å². The van der Waals surface area contributed by atoms with E-state index in [1.807, 2.05) is 0 Å². The molecule has 0 fully saturated rings. The second-order valence-electron chi connectivity index (χ2n) is 3.81. The van der Waals surface area contributed by atoms with Crippen LogP contribution >= 0.6 is 0 Å². The summed E-state index contributed by atoms with van der Waals surface area (Å²) in [5, 5.41) is 8.63. The molecule has 0 saturated heterocycles. The van der Waals surface area contributed by atoms with E-state index in [0.29, 0.717) is 6.92 Å². The molecular formula is C12H8F3N3. The van der Waals surface area contributed by atoms with Crippen molar-refractivity contribution < 1.29 is 13.2 Å². The molecule has 1 heterocycles. The first-order valence-electron chi connectivity index (χ1n) is 5.06. The maximum absolute atomic E-state index is 13.7. The van der Waals surface area contributed by atoms with Gasteiger partial charge in [0.1, 0.15) is 23.4 Å². The molecule has 0 aliphatic rings. The quantitative estimate of drug-likeness (QED) is 0.891. The minimum atomic E-state index is -3.20. The van der Waals surface area contributed by atoms with E-state index in [4.69, 9.17) is 5.26 Å². The van der Waals surface area contributed by atoms with Crippen molar-refractivity contribution in [3.05, 3.63) is 41.5 Å². The molecule has 0 aliphatic heterocycles. The van der Waals surface area contributed by atoms with Crippen LogP contribution in [0.25, 0.3) is 11.4 Å². The summed E-state index contributed by atoms with van der Waals surface area (Å²) in [4.78, 5) is 6.23. The molecule has 6 heteroatoms. The summed E-state index contributed by atoms with van der Waals surface area (Å²) in [7, 11) is 0. The van der Waals surface area contributed by atoms with Gasteiger partial charge in [0.15, 0.2) is 0 Å². The Morgan fingerprint density at radius 3 is 2.67 bits per heavy atom. The van der Waals surface area contributed by atoms with Crippen LogP contribution in [0.3, 0.4) is 0 Å². The Kier molecular flexibility index (Phi) is 2.83. The van der Waals surface area contributed by atoms with Crippen molar-refractivity contribution >= 4 is 0 Å². The second-order valence-corrected chi connectivity index (χ2v) is 3.81. The number of nitriles is 1. The Balaban J connectivity index is 2.67. The lowest BCUT2D eigenvalue weighted by atomic mass is 10.0. The van der Waals surface area contributed by atoms with Gasteiger partial charge in [0.05, 0.1) is 11.8 Å². The summed E-state index contributed by atoms with van der Waals surface area (Å²) in [5.74, 6) is -4.09. The van der Waals surface area contributed by atoms with Crippen LogP contribution in [0.2, 0.25) is 0 Å². The fourth-order valence-corrected chi connectivity index (χ4v) is 1.64. The lowest BCUT2D eigenvalue weighted by Gasteiger charge is -2.14. The number of hydrogen-bond donors (Lipinski definition) is 1. The monoisotopic (exact) mass is 251 g/mol. The standard InChI is InChI=1S/C12H8F3N3/c1-12(14,15)8-3-2-4-9(13)10(8)11-17-6-7(5-16)18-11/h2-4,6H,1H3,(H,17,18). The normalized spacial score (nSPS) is 11.3. The third-order valence-electron chi connectivity index (χ3n) is 2.42. The highest BCUT2D eigenvalue weighted by molar-refractivity contribution is 5.63. The Hall–Kier alpha value is -2.29. The predicted octanol–water partition coefficient (Wildman–Crippen LogP) is 3.20. The molecule has 0 radical (unpaired) electrons. The summed E-state index contributed by atoms with van der Waals surface area (Å²) in [6.07, 6.45) is 1.17. The van der Waals surface area contributed by atoms with Crippen LogP contribution in [-0.4, -0.2) is 9.97 Å². The van der Waals surface area contributed by atoms with Crippen LogP contribution in [0.5, 0.6) is 0 Å². The van der Waals surface area contributed by atoms with E-state index in [9.17, 15) is 13.2 Å². The van der Waals surface area contributed by atoms with Crippen molar-refractivity contribution in [2.45, 2.75) is 12.8 Å². The van der Waals surface area contributed by atoms with E-state index in [1.54, 1.807) is 6.07 Å². The second kappa shape index (κ2) is 4.18. The average molecular weight is 251 g/mol. The van der Waals surface area contributed by atoms with Crippen LogP contribution < -0.4 is 0 Å². The van der Waals surface area contributed by atoms with Crippen LogP contribution in [0.4, 0.5) is 13.2 Å². The Bertz CT molecular complexity index is 620. The minimum absolute atomic E-state index is 0.0821. The SMILES string of the molecule is CC(F)(F)c1cccc(F)c1-c1ncc(C#N)[nH]1. The first-order valence-corrected chi connectivity index (χ1v) is 5.06. The summed E-state index contributed by atoms with van der Waals surface area (Å²) < 4.78 is 40.5. The average Bonchev–Trinajstić information content (AvgIpc) is 2.75. The van der Waals surface area contributed by atoms with Gasteiger partial charge in [-0.25, -0.2) is 18.2 Å². The molecule has 2 rings (SSSR count). The van der Waals surface area contributed by atoms with E-state index < -0.39 is 17.3 Å². The Morgan fingerprint density at radius 2 is 2.11 bits per heavy atom. The number of benzene rings is 1. The molecule has 18 heavy (non-hydrogen) atoms. The first-order chi connectivity index (χ1) is 8.43. The molecule has 2 aromatic rings. The van der Waals surface area contributed by atoms with Gasteiger partial charge >= 0.3 is 0 Å². The van der Waals surface area contributed by atoms with E-state index in [-0.39, 0.29) is 17.1 Å². The fourth-order valence-electron chi connectivity index (χ4n) is 1.64. The zero-order chi connectivity index (χ0) is 13.3. The van der Waals surface area contributed by atoms with Gasteiger partial charge in [-0.05, 0) is 6.07 Å². The number of nitrogens with one attached hydrogen (secondary N) is 1. The van der Waals surface area contributed by atoms with Gasteiger partial charge in [0, 0.05) is 12.5 Å². The zero-order valence-corrected chi connectivity index (χ0v) is 9.34. The summed E-state index contributed by atoms with van der Waals surface area (Å²) in [6, 6.07) is 5.18. The highest BCUT2D eigenvalue weighted by atomic mass is 19.3. The van der Waals surface area contributed by atoms with Gasteiger partial charge in [0.25, 0.3) is 5.92 Å². The van der Waals surface area contributed by atoms with Gasteiger partial charge in [0.2, 0.25) is 0 Å². The lowest BCUT2D eigenvalue weighted by Crippen LogP contribution is -2.10. The largest absolute Gasteiger partial charge is 0.330 e. The van der Waals surface area contributed by atoms with E-state index in [0.717, 1.165) is 12.1 Å². The molecule has 92 valence electrons. The number of hydrogen-bond acceptors (Lipinski definition) is 2. The third kappa shape index (κ3) is 2.07. The van der Waals surface area contributed by atoms with E-state index in [1.165, 1.54) is 12.3 Å². The molecule has 0 spiro atoms. The molecule has 0 aliphatic carbocycles. The number of aromatic nitrogens is 2. The highest BCUT2D eigenvalue weighted by Gasteiger charge is 2.30. The van der Waals surface area contributed by atoms with E-state index >= 15 is 0 Å². The first kappa shape index (κ1) is 12.2. The van der Waals surface area contributed by atoms with Crippen molar-refractivity contribution in [3.8, 4) is 17.5 Å². The van der Waals surface area contributed by atoms with Crippen molar-refractivity contribution in [3.63, 3.8) is 0 Å². The van der Waals surface area contributed by atoms with Crippen molar-refractivity contribution in [1.82, 2.24) is 9.97 Å². The molecule has 1 aromatic heterocycles. The molecular weight excluding hydrogens is 243 g/mol. The van der Waals surface area contributed by atoms with Gasteiger partial charge < -0.3 is 4.98 Å². The summed E-state index contributed by atoms with van der Waals surface area (Å²) in [5.41, 5.74) is -0.702. The third-order valence-corrected chi connectivity index (χ3v) is 2.42. The van der Waals surface area contributed by atoms with Crippen LogP contribution in [0, 0.1) is 17.1 Å². The number of halogens is 3. The summed E-state index contributed by atoms with van der Waals surface area (Å²) in [6.45, 7) is 0.680. The smallest absolute Gasteiger partial charge is 0.271 e. The maximum atomic E-state index is 13.7. The number of imidazole rings is 1. The van der Waals surface area contributed by atoms with Crippen LogP contribution in [0.15, 0.2) is 24.4 Å². The van der Waals surface area contributed by atoms with Crippen molar-refractivity contribution in [2.75, 3.05) is 0 Å². The van der Waals surface area contributed by atoms with Crippen LogP contribution in [-0.2, 0) is 5.92 Å². The molecule has 0 bridgehead atoms. The van der Waals surface area contributed by atoms with Crippen molar-refractivity contribution in [2.24, 2.45) is 0 Å². The van der Waals surface area contributed by atoms with Gasteiger partial charge in [-0.1, -0.05) is 12.1 Å². The molecule has 0 unspecified atom stereocenters. The molecule has 0 saturated carbocycles. The summed E-state index contributed by atoms with van der Waals surface area (Å²) >= 11 is 0. The zero-order valence-electron chi connectivity index (χ0n) is 9.34. The topological polar surface area (TPSA) is 52.5 Å². The van der Waals surface area contributed by atoms with Crippen molar-refractivity contribution in [1.29, 1.82) is 5.26 Å². The Morgan fingerprint density at radius 1 is 1.39 bits per heavy atom. The number of nitrogens with zero attached hydrogens (tertiary/aromatic N) is 2. The van der Waals surface area contributed by atoms with Gasteiger partial charge in [-0.3, -0.25) is 0 Å². The molecule has 1 aromatic carbocycles.